The Morgan fingerprint density at radius 1 is 1.40 bits per heavy atom. The molecule has 4 heteroatoms. The van der Waals surface area contributed by atoms with Crippen LogP contribution < -0.4 is 5.32 Å². The quantitative estimate of drug-likeness (QED) is 0.656. The van der Waals surface area contributed by atoms with Crippen molar-refractivity contribution in [1.82, 2.24) is 5.32 Å². The monoisotopic (exact) mass is 155 g/mol. The van der Waals surface area contributed by atoms with Crippen LogP contribution in [0.25, 0.3) is 0 Å². The summed E-state index contributed by atoms with van der Waals surface area (Å²) in [5, 5.41) is 2.74. The Kier molecular flexibility index (Phi) is 3.71. The van der Waals surface area contributed by atoms with Gasteiger partial charge in [0.25, 0.3) is 0 Å². The highest BCUT2D eigenvalue weighted by atomic mass is 19.4. The van der Waals surface area contributed by atoms with Gasteiger partial charge in [-0.15, -0.1) is 0 Å². The molecule has 0 saturated heterocycles. The molecule has 0 bridgehead atoms. The van der Waals surface area contributed by atoms with Gasteiger partial charge in [0.1, 0.15) is 0 Å². The van der Waals surface area contributed by atoms with E-state index in [0.717, 1.165) is 0 Å². The van der Waals surface area contributed by atoms with E-state index in [1.165, 1.54) is 0 Å². The number of rotatable bonds is 3. The van der Waals surface area contributed by atoms with Gasteiger partial charge in [0.2, 0.25) is 0 Å². The first-order chi connectivity index (χ1) is 4.45. The minimum absolute atomic E-state index is 0.0541. The van der Waals surface area contributed by atoms with Gasteiger partial charge < -0.3 is 5.32 Å². The van der Waals surface area contributed by atoms with Crippen LogP contribution in [0.4, 0.5) is 13.2 Å². The van der Waals surface area contributed by atoms with Gasteiger partial charge in [-0.25, -0.2) is 0 Å². The second-order valence-corrected chi connectivity index (χ2v) is 2.34. The normalized spacial score (nSPS) is 15.3. The molecule has 1 nitrogen and oxygen atoms in total. The summed E-state index contributed by atoms with van der Waals surface area (Å²) in [5.74, 6) is 0. The van der Waals surface area contributed by atoms with Crippen molar-refractivity contribution in [2.24, 2.45) is 0 Å². The predicted molar refractivity (Wildman–Crippen MR) is 33.8 cm³/mol. The molecule has 0 rings (SSSR count). The van der Waals surface area contributed by atoms with Crippen LogP contribution in [0.15, 0.2) is 0 Å². The van der Waals surface area contributed by atoms with E-state index in [1.807, 2.05) is 0 Å². The van der Waals surface area contributed by atoms with E-state index in [-0.39, 0.29) is 12.5 Å². The summed E-state index contributed by atoms with van der Waals surface area (Å²) >= 11 is 0. The summed E-state index contributed by atoms with van der Waals surface area (Å²) in [6.45, 7) is 1.73. The van der Waals surface area contributed by atoms with Crippen molar-refractivity contribution in [2.45, 2.75) is 32.0 Å². The first-order valence-electron chi connectivity index (χ1n) is 3.19. The van der Waals surface area contributed by atoms with Crippen LogP contribution in [0.2, 0.25) is 0 Å². The van der Waals surface area contributed by atoms with Gasteiger partial charge in [0.15, 0.2) is 0 Å². The highest BCUT2D eigenvalue weighted by molar-refractivity contribution is 4.60. The second kappa shape index (κ2) is 3.81. The number of halogens is 3. The molecular formula is C6H12F3N. The Morgan fingerprint density at radius 2 is 1.90 bits per heavy atom. The predicted octanol–water partition coefficient (Wildman–Crippen LogP) is 1.94. The fourth-order valence-corrected chi connectivity index (χ4v) is 0.525. The third-order valence-electron chi connectivity index (χ3n) is 1.35. The fourth-order valence-electron chi connectivity index (χ4n) is 0.525. The molecule has 10 heavy (non-hydrogen) atoms. The number of alkyl halides is 3. The van der Waals surface area contributed by atoms with Gasteiger partial charge in [-0.2, -0.15) is 13.2 Å². The fraction of sp³-hybridized carbons (Fsp3) is 1.00. The van der Waals surface area contributed by atoms with Crippen LogP contribution in [-0.4, -0.2) is 19.3 Å². The van der Waals surface area contributed by atoms with Crippen LogP contribution >= 0.6 is 0 Å². The van der Waals surface area contributed by atoms with Gasteiger partial charge in [-0.1, -0.05) is 0 Å². The third kappa shape index (κ3) is 5.88. The summed E-state index contributed by atoms with van der Waals surface area (Å²) in [6, 6.07) is -0.0541. The molecule has 0 aromatic heterocycles. The molecule has 62 valence electrons. The van der Waals surface area contributed by atoms with Crippen molar-refractivity contribution in [3.05, 3.63) is 0 Å². The molecule has 0 aliphatic carbocycles. The minimum atomic E-state index is -4.01. The lowest BCUT2D eigenvalue weighted by Crippen LogP contribution is -2.23. The van der Waals surface area contributed by atoms with E-state index in [1.54, 1.807) is 14.0 Å². The van der Waals surface area contributed by atoms with E-state index in [4.69, 9.17) is 0 Å². The Balaban J connectivity index is 3.36. The van der Waals surface area contributed by atoms with E-state index in [9.17, 15) is 13.2 Å². The minimum Gasteiger partial charge on any atom is -0.317 e. The smallest absolute Gasteiger partial charge is 0.317 e. The van der Waals surface area contributed by atoms with Crippen LogP contribution in [0.5, 0.6) is 0 Å². The van der Waals surface area contributed by atoms with Crippen LogP contribution in [0.1, 0.15) is 19.8 Å². The molecule has 0 fully saturated rings. The zero-order chi connectivity index (χ0) is 8.20. The number of hydrogen-bond donors (Lipinski definition) is 1. The van der Waals surface area contributed by atoms with Crippen molar-refractivity contribution in [2.75, 3.05) is 7.05 Å². The van der Waals surface area contributed by atoms with Gasteiger partial charge >= 0.3 is 6.18 Å². The first kappa shape index (κ1) is 9.75. The average Bonchev–Trinajstić information content (AvgIpc) is 1.81. The molecule has 0 amide bonds. The summed E-state index contributed by atoms with van der Waals surface area (Å²) in [5.41, 5.74) is 0. The Hall–Kier alpha value is -0.250. The zero-order valence-corrected chi connectivity index (χ0v) is 6.13. The summed E-state index contributed by atoms with van der Waals surface area (Å²) < 4.78 is 34.6. The molecule has 1 atom stereocenters. The maximum atomic E-state index is 11.5. The highest BCUT2D eigenvalue weighted by Gasteiger charge is 2.26. The summed E-state index contributed by atoms with van der Waals surface area (Å²) in [7, 11) is 1.65. The SMILES string of the molecule is CNC(C)CCC(F)(F)F. The molecule has 0 heterocycles. The Morgan fingerprint density at radius 3 is 2.20 bits per heavy atom. The summed E-state index contributed by atoms with van der Waals surface area (Å²) in [6.07, 6.45) is -4.56. The van der Waals surface area contributed by atoms with Crippen molar-refractivity contribution >= 4 is 0 Å². The van der Waals surface area contributed by atoms with Gasteiger partial charge in [0, 0.05) is 12.5 Å². The highest BCUT2D eigenvalue weighted by Crippen LogP contribution is 2.21. The molecular weight excluding hydrogens is 143 g/mol. The molecule has 0 saturated carbocycles. The molecule has 0 aromatic rings. The molecule has 0 aliphatic heterocycles. The lowest BCUT2D eigenvalue weighted by Gasteiger charge is -2.11. The maximum Gasteiger partial charge on any atom is 0.389 e. The molecule has 0 aliphatic rings. The lowest BCUT2D eigenvalue weighted by molar-refractivity contribution is -0.136. The molecule has 0 aromatic carbocycles. The third-order valence-corrected chi connectivity index (χ3v) is 1.35. The largest absolute Gasteiger partial charge is 0.389 e. The molecule has 1 N–H and O–H groups in total. The van der Waals surface area contributed by atoms with E-state index in [2.05, 4.69) is 5.32 Å². The summed E-state index contributed by atoms with van der Waals surface area (Å²) in [4.78, 5) is 0. The van der Waals surface area contributed by atoms with Crippen molar-refractivity contribution in [3.8, 4) is 0 Å². The maximum absolute atomic E-state index is 11.5. The molecule has 0 spiro atoms. The van der Waals surface area contributed by atoms with Gasteiger partial charge in [0.05, 0.1) is 0 Å². The van der Waals surface area contributed by atoms with Crippen LogP contribution in [-0.2, 0) is 0 Å². The first-order valence-corrected chi connectivity index (χ1v) is 3.19. The van der Waals surface area contributed by atoms with Crippen molar-refractivity contribution < 1.29 is 13.2 Å². The Labute approximate surface area is 58.6 Å². The van der Waals surface area contributed by atoms with E-state index in [0.29, 0.717) is 0 Å². The number of hydrogen-bond acceptors (Lipinski definition) is 1. The van der Waals surface area contributed by atoms with Crippen molar-refractivity contribution in [1.29, 1.82) is 0 Å². The lowest BCUT2D eigenvalue weighted by atomic mass is 10.2. The average molecular weight is 155 g/mol. The van der Waals surface area contributed by atoms with Gasteiger partial charge in [-0.05, 0) is 20.4 Å². The second-order valence-electron chi connectivity index (χ2n) is 2.34. The zero-order valence-electron chi connectivity index (χ0n) is 6.13. The topological polar surface area (TPSA) is 12.0 Å². The van der Waals surface area contributed by atoms with Crippen molar-refractivity contribution in [3.63, 3.8) is 0 Å². The number of nitrogens with one attached hydrogen (secondary N) is 1. The van der Waals surface area contributed by atoms with E-state index >= 15 is 0 Å². The van der Waals surface area contributed by atoms with E-state index < -0.39 is 12.6 Å². The molecule has 0 radical (unpaired) electrons. The standard InChI is InChI=1S/C6H12F3N/c1-5(10-2)3-4-6(7,8)9/h5,10H,3-4H2,1-2H3. The van der Waals surface area contributed by atoms with Crippen LogP contribution in [0.3, 0.4) is 0 Å². The van der Waals surface area contributed by atoms with Crippen LogP contribution in [0, 0.1) is 0 Å². The molecule has 1 unspecified atom stereocenters. The van der Waals surface area contributed by atoms with Gasteiger partial charge in [-0.3, -0.25) is 0 Å². The Bertz CT molecular complexity index is 89.5.